The molecule has 0 aliphatic heterocycles. The second-order valence-electron chi connectivity index (χ2n) is 4.70. The highest BCUT2D eigenvalue weighted by atomic mass is 16.3. The minimum absolute atomic E-state index is 0.0564. The van der Waals surface area contributed by atoms with Crippen molar-refractivity contribution in [3.8, 4) is 11.5 Å². The van der Waals surface area contributed by atoms with Crippen LogP contribution in [0, 0.1) is 6.92 Å². The van der Waals surface area contributed by atoms with Gasteiger partial charge in [0.05, 0.1) is 5.69 Å². The number of para-hydroxylation sites is 1. The van der Waals surface area contributed by atoms with E-state index >= 15 is 0 Å². The number of aromatic hydroxyl groups is 2. The third-order valence-corrected chi connectivity index (χ3v) is 3.04. The summed E-state index contributed by atoms with van der Waals surface area (Å²) in [5, 5.41) is 22.0. The van der Waals surface area contributed by atoms with E-state index < -0.39 is 0 Å². The third-order valence-electron chi connectivity index (χ3n) is 3.04. The molecule has 2 rings (SSSR count). The SMILES string of the molecule is Cc1ccc(NC(=O)CCc2ccccc2O)c(O)c1. The number of phenols is 2. The fourth-order valence-corrected chi connectivity index (χ4v) is 1.93. The molecule has 0 bridgehead atoms. The Hall–Kier alpha value is -2.49. The van der Waals surface area contributed by atoms with Gasteiger partial charge >= 0.3 is 0 Å². The van der Waals surface area contributed by atoms with Crippen molar-refractivity contribution in [2.45, 2.75) is 19.8 Å². The molecule has 0 unspecified atom stereocenters. The number of amides is 1. The van der Waals surface area contributed by atoms with Crippen LogP contribution in [0.3, 0.4) is 0 Å². The first-order valence-corrected chi connectivity index (χ1v) is 6.42. The van der Waals surface area contributed by atoms with E-state index in [4.69, 9.17) is 0 Å². The minimum Gasteiger partial charge on any atom is -0.508 e. The lowest BCUT2D eigenvalue weighted by atomic mass is 10.1. The highest BCUT2D eigenvalue weighted by molar-refractivity contribution is 5.92. The highest BCUT2D eigenvalue weighted by Gasteiger charge is 2.08. The number of benzene rings is 2. The summed E-state index contributed by atoms with van der Waals surface area (Å²) in [6, 6.07) is 12.0. The van der Waals surface area contributed by atoms with Crippen molar-refractivity contribution in [2.75, 3.05) is 5.32 Å². The first kappa shape index (κ1) is 13.9. The Balaban J connectivity index is 1.94. The van der Waals surface area contributed by atoms with Crippen LogP contribution in [0.5, 0.6) is 11.5 Å². The Morgan fingerprint density at radius 3 is 2.55 bits per heavy atom. The summed E-state index contributed by atoms with van der Waals surface area (Å²) < 4.78 is 0. The van der Waals surface area contributed by atoms with Gasteiger partial charge in [0.1, 0.15) is 11.5 Å². The number of phenolic OH excluding ortho intramolecular Hbond substituents is 2. The minimum atomic E-state index is -0.201. The molecular formula is C16H17NO3. The van der Waals surface area contributed by atoms with Crippen molar-refractivity contribution in [3.05, 3.63) is 53.6 Å². The Morgan fingerprint density at radius 1 is 1.10 bits per heavy atom. The maximum absolute atomic E-state index is 11.8. The van der Waals surface area contributed by atoms with E-state index in [0.717, 1.165) is 11.1 Å². The van der Waals surface area contributed by atoms with Crippen LogP contribution in [0.1, 0.15) is 17.5 Å². The highest BCUT2D eigenvalue weighted by Crippen LogP contribution is 2.24. The Morgan fingerprint density at radius 2 is 1.85 bits per heavy atom. The molecular weight excluding hydrogens is 254 g/mol. The largest absolute Gasteiger partial charge is 0.508 e. The van der Waals surface area contributed by atoms with Crippen molar-refractivity contribution in [3.63, 3.8) is 0 Å². The molecule has 0 atom stereocenters. The van der Waals surface area contributed by atoms with Crippen LogP contribution in [0.15, 0.2) is 42.5 Å². The average Bonchev–Trinajstić information content (AvgIpc) is 2.41. The van der Waals surface area contributed by atoms with Gasteiger partial charge in [-0.3, -0.25) is 4.79 Å². The summed E-state index contributed by atoms with van der Waals surface area (Å²) >= 11 is 0. The van der Waals surface area contributed by atoms with Gasteiger partial charge in [-0.2, -0.15) is 0 Å². The van der Waals surface area contributed by atoms with E-state index in [1.165, 1.54) is 0 Å². The van der Waals surface area contributed by atoms with E-state index in [1.54, 1.807) is 30.3 Å². The van der Waals surface area contributed by atoms with Crippen LogP contribution >= 0.6 is 0 Å². The summed E-state index contributed by atoms with van der Waals surface area (Å²) in [5.74, 6) is 0.0480. The van der Waals surface area contributed by atoms with Gasteiger partial charge in [0, 0.05) is 6.42 Å². The topological polar surface area (TPSA) is 69.6 Å². The molecule has 0 aliphatic carbocycles. The molecule has 0 radical (unpaired) electrons. The maximum Gasteiger partial charge on any atom is 0.224 e. The van der Waals surface area contributed by atoms with Crippen LogP contribution in [0.4, 0.5) is 5.69 Å². The Labute approximate surface area is 117 Å². The zero-order valence-electron chi connectivity index (χ0n) is 11.3. The zero-order valence-corrected chi connectivity index (χ0v) is 11.3. The van der Waals surface area contributed by atoms with Crippen molar-refractivity contribution < 1.29 is 15.0 Å². The van der Waals surface area contributed by atoms with Crippen LogP contribution in [-0.2, 0) is 11.2 Å². The lowest BCUT2D eigenvalue weighted by Gasteiger charge is -2.08. The number of hydrogen-bond donors (Lipinski definition) is 3. The standard InChI is InChI=1S/C16H17NO3/c1-11-6-8-13(15(19)10-11)17-16(20)9-7-12-4-2-3-5-14(12)18/h2-6,8,10,18-19H,7,9H2,1H3,(H,17,20). The summed E-state index contributed by atoms with van der Waals surface area (Å²) in [7, 11) is 0. The number of carbonyl (C=O) groups is 1. The molecule has 2 aromatic rings. The Kier molecular flexibility index (Phi) is 4.25. The fraction of sp³-hybridized carbons (Fsp3) is 0.188. The monoisotopic (exact) mass is 271 g/mol. The van der Waals surface area contributed by atoms with Gasteiger partial charge in [-0.25, -0.2) is 0 Å². The van der Waals surface area contributed by atoms with Gasteiger partial charge < -0.3 is 15.5 Å². The number of aryl methyl sites for hydroxylation is 2. The average molecular weight is 271 g/mol. The number of carbonyl (C=O) groups excluding carboxylic acids is 1. The lowest BCUT2D eigenvalue weighted by molar-refractivity contribution is -0.116. The van der Waals surface area contributed by atoms with Crippen molar-refractivity contribution in [1.82, 2.24) is 0 Å². The molecule has 3 N–H and O–H groups in total. The number of anilines is 1. The number of nitrogens with one attached hydrogen (secondary N) is 1. The molecule has 0 saturated carbocycles. The first-order chi connectivity index (χ1) is 9.56. The normalized spacial score (nSPS) is 10.2. The first-order valence-electron chi connectivity index (χ1n) is 6.42. The summed E-state index contributed by atoms with van der Waals surface area (Å²) in [4.78, 5) is 11.8. The van der Waals surface area contributed by atoms with Crippen molar-refractivity contribution >= 4 is 11.6 Å². The maximum atomic E-state index is 11.8. The lowest BCUT2D eigenvalue weighted by Crippen LogP contribution is -2.12. The molecule has 4 heteroatoms. The van der Waals surface area contributed by atoms with Crippen LogP contribution in [-0.4, -0.2) is 16.1 Å². The van der Waals surface area contributed by atoms with Crippen LogP contribution < -0.4 is 5.32 Å². The summed E-state index contributed by atoms with van der Waals surface area (Å²) in [5.41, 5.74) is 2.06. The van der Waals surface area contributed by atoms with Crippen molar-refractivity contribution in [2.24, 2.45) is 0 Å². The molecule has 20 heavy (non-hydrogen) atoms. The molecule has 1 amide bonds. The van der Waals surface area contributed by atoms with Gasteiger partial charge in [-0.15, -0.1) is 0 Å². The zero-order chi connectivity index (χ0) is 14.5. The molecule has 4 nitrogen and oxygen atoms in total. The van der Waals surface area contributed by atoms with Gasteiger partial charge in [-0.1, -0.05) is 24.3 Å². The van der Waals surface area contributed by atoms with Gasteiger partial charge in [0.25, 0.3) is 0 Å². The Bertz CT molecular complexity index is 623. The van der Waals surface area contributed by atoms with Gasteiger partial charge in [0.15, 0.2) is 0 Å². The molecule has 104 valence electrons. The smallest absolute Gasteiger partial charge is 0.224 e. The molecule has 0 saturated heterocycles. The number of rotatable bonds is 4. The molecule has 0 fully saturated rings. The van der Waals surface area contributed by atoms with E-state index in [1.807, 2.05) is 19.1 Å². The molecule has 0 aliphatic rings. The van der Waals surface area contributed by atoms with Gasteiger partial charge in [0.2, 0.25) is 5.91 Å². The summed E-state index contributed by atoms with van der Waals surface area (Å²) in [6.45, 7) is 1.86. The third kappa shape index (κ3) is 3.51. The van der Waals surface area contributed by atoms with Crippen LogP contribution in [0.2, 0.25) is 0 Å². The number of hydrogen-bond acceptors (Lipinski definition) is 3. The summed E-state index contributed by atoms with van der Waals surface area (Å²) in [6.07, 6.45) is 0.690. The predicted molar refractivity (Wildman–Crippen MR) is 77.9 cm³/mol. The molecule has 0 heterocycles. The van der Waals surface area contributed by atoms with E-state index in [9.17, 15) is 15.0 Å². The van der Waals surface area contributed by atoms with E-state index in [0.29, 0.717) is 12.1 Å². The second-order valence-corrected chi connectivity index (χ2v) is 4.70. The quantitative estimate of drug-likeness (QED) is 0.749. The van der Waals surface area contributed by atoms with Crippen molar-refractivity contribution in [1.29, 1.82) is 0 Å². The second kappa shape index (κ2) is 6.10. The van der Waals surface area contributed by atoms with Gasteiger partial charge in [-0.05, 0) is 42.7 Å². The van der Waals surface area contributed by atoms with E-state index in [-0.39, 0.29) is 23.8 Å². The predicted octanol–water partition coefficient (Wildman–Crippen LogP) is 2.98. The fourth-order valence-electron chi connectivity index (χ4n) is 1.93. The van der Waals surface area contributed by atoms with E-state index in [2.05, 4.69) is 5.32 Å². The molecule has 0 aromatic heterocycles. The molecule has 0 spiro atoms. The van der Waals surface area contributed by atoms with Crippen LogP contribution in [0.25, 0.3) is 0 Å². The molecule has 2 aromatic carbocycles.